The Morgan fingerprint density at radius 2 is 0.571 bits per heavy atom. The number of nitrogens with zero attached hydrogens (tertiary/aromatic N) is 3. The largest absolute Gasteiger partial charge is 0.453 e. The minimum Gasteiger partial charge on any atom is -0.453 e. The van der Waals surface area contributed by atoms with Crippen LogP contribution in [0.2, 0.25) is 0 Å². The molecule has 0 N–H and O–H groups in total. The average Bonchev–Trinajstić information content (AvgIpc) is 4.41. The zero-order valence-electron chi connectivity index (χ0n) is 41.3. The highest BCUT2D eigenvalue weighted by Gasteiger charge is 2.44. The Kier molecular flexibility index (Phi) is 11.8. The summed E-state index contributed by atoms with van der Waals surface area (Å²) >= 11 is 0. The van der Waals surface area contributed by atoms with E-state index in [9.17, 15) is 26.3 Å². The Hall–Kier alpha value is -9.87. The van der Waals surface area contributed by atoms with Crippen molar-refractivity contribution < 1.29 is 92.3 Å². The summed E-state index contributed by atoms with van der Waals surface area (Å²) in [6, 6.07) is 19.2. The quantitative estimate of drug-likeness (QED) is 0.122. The van der Waals surface area contributed by atoms with Gasteiger partial charge in [0.25, 0.3) is 0 Å². The maximum atomic E-state index is 15.7. The molecule has 13 aromatic rings. The number of hydrogen-bond acceptors (Lipinski definition) is 6. The Bertz CT molecular complexity index is 4760. The van der Waals surface area contributed by atoms with Gasteiger partial charge in [0.05, 0.1) is 16.7 Å². The minimum atomic E-state index is -5.87. The molecule has 0 amide bonds. The summed E-state index contributed by atoms with van der Waals surface area (Å²) in [5, 5.41) is -0.0694. The van der Waals surface area contributed by atoms with E-state index in [1.807, 2.05) is 0 Å². The molecular formula is C60H21F18N3O3. The molecule has 420 valence electrons. The first kappa shape index (κ1) is 53.4. The van der Waals surface area contributed by atoms with Crippen LogP contribution in [0.3, 0.4) is 0 Å². The summed E-state index contributed by atoms with van der Waals surface area (Å²) in [6.45, 7) is 0.831. The number of para-hydroxylation sites is 3. The smallest absolute Gasteiger partial charge is 0.422 e. The lowest BCUT2D eigenvalue weighted by Crippen LogP contribution is -2.16. The monoisotopic (exact) mass is 1170 g/mol. The fourth-order valence-corrected chi connectivity index (χ4v) is 10.6. The summed E-state index contributed by atoms with van der Waals surface area (Å²) in [4.78, 5) is 13.2. The number of halogens is 18. The number of benzene rings is 7. The maximum Gasteiger partial charge on any atom is 0.422 e. The molecule has 0 spiro atoms. The second kappa shape index (κ2) is 18.6. The second-order valence-corrected chi connectivity index (χ2v) is 19.0. The molecular weight excluding hydrogens is 1150 g/mol. The highest BCUT2D eigenvalue weighted by atomic mass is 19.4. The van der Waals surface area contributed by atoms with Gasteiger partial charge in [-0.1, -0.05) is 36.4 Å². The van der Waals surface area contributed by atoms with Crippen LogP contribution in [0.1, 0.15) is 16.7 Å². The van der Waals surface area contributed by atoms with Gasteiger partial charge in [-0.3, -0.25) is 15.0 Å². The number of pyridine rings is 3. The molecule has 13 rings (SSSR count). The first-order valence-corrected chi connectivity index (χ1v) is 24.2. The van der Waals surface area contributed by atoms with Crippen molar-refractivity contribution in [1.82, 2.24) is 15.0 Å². The zero-order valence-corrected chi connectivity index (χ0v) is 41.3. The van der Waals surface area contributed by atoms with Gasteiger partial charge in [-0.2, -0.15) is 26.3 Å². The zero-order chi connectivity index (χ0) is 59.5. The van der Waals surface area contributed by atoms with Crippen molar-refractivity contribution in [2.45, 2.75) is 19.3 Å². The molecule has 6 nitrogen and oxygen atoms in total. The maximum absolute atomic E-state index is 15.7. The van der Waals surface area contributed by atoms with Gasteiger partial charge >= 0.3 is 12.4 Å². The Morgan fingerprint density at radius 3 is 0.833 bits per heavy atom. The lowest BCUT2D eigenvalue weighted by molar-refractivity contribution is -0.144. The molecule has 0 fully saturated rings. The first-order valence-electron chi connectivity index (χ1n) is 24.2. The molecule has 0 bridgehead atoms. The van der Waals surface area contributed by atoms with Crippen LogP contribution >= 0.6 is 0 Å². The molecule has 0 aliphatic carbocycles. The molecule has 0 saturated heterocycles. The fourth-order valence-electron chi connectivity index (χ4n) is 10.6. The predicted molar refractivity (Wildman–Crippen MR) is 269 cm³/mol. The molecule has 84 heavy (non-hydrogen) atoms. The van der Waals surface area contributed by atoms with Gasteiger partial charge in [-0.05, 0) is 78.2 Å². The standard InChI is InChI=1S/C60H21F18N3O3/c1-20-38(61)40(63)33(41(64)39(20)62)27-5-2-8-30-50-56(82-53(27)30)24(11-14-79-50)21-17-22(25-12-15-80-51-31-9-3-6-28(54(31)83-57(25)51)34-42(65)46(69)36(59(73,74)75)47(70)43(34)66)19-23(18-21)26-13-16-81-52-32-10-4-7-29(55(32)84-58(26)52)35-44(67)48(71)37(60(76,77)78)49(72)45(35)68/h2-19H,1H3. The van der Waals surface area contributed by atoms with E-state index in [0.29, 0.717) is 0 Å². The Morgan fingerprint density at radius 1 is 0.310 bits per heavy atom. The highest BCUT2D eigenvalue weighted by Crippen LogP contribution is 2.49. The van der Waals surface area contributed by atoms with Crippen LogP contribution in [-0.4, -0.2) is 15.0 Å². The summed E-state index contributed by atoms with van der Waals surface area (Å²) < 4.78 is 286. The number of rotatable bonds is 6. The summed E-state index contributed by atoms with van der Waals surface area (Å²) in [6.07, 6.45) is -7.96. The van der Waals surface area contributed by atoms with Crippen molar-refractivity contribution in [1.29, 1.82) is 0 Å². The summed E-state index contributed by atoms with van der Waals surface area (Å²) in [5.41, 5.74) is -14.2. The molecule has 6 aromatic heterocycles. The summed E-state index contributed by atoms with van der Waals surface area (Å²) in [5.74, 6) is -27.5. The van der Waals surface area contributed by atoms with Gasteiger partial charge in [-0.15, -0.1) is 0 Å². The Labute approximate surface area is 454 Å². The number of aromatic nitrogens is 3. The minimum absolute atomic E-state index is 0.0311. The number of fused-ring (bicyclic) bond motifs is 9. The fraction of sp³-hybridized carbons (Fsp3) is 0.0500. The number of hydrogen-bond donors (Lipinski definition) is 0. The van der Waals surface area contributed by atoms with E-state index < -0.39 is 143 Å². The van der Waals surface area contributed by atoms with Gasteiger partial charge in [0.15, 0.2) is 86.6 Å². The van der Waals surface area contributed by atoms with E-state index in [4.69, 9.17) is 13.3 Å². The lowest BCUT2D eigenvalue weighted by atomic mass is 9.93. The normalized spacial score (nSPS) is 12.5. The highest BCUT2D eigenvalue weighted by molar-refractivity contribution is 6.15. The van der Waals surface area contributed by atoms with Crippen LogP contribution in [0.5, 0.6) is 0 Å². The van der Waals surface area contributed by atoms with Crippen LogP contribution < -0.4 is 0 Å². The third kappa shape index (κ3) is 7.67. The Balaban J connectivity index is 1.07. The molecule has 0 atom stereocenters. The van der Waals surface area contributed by atoms with E-state index in [1.54, 1.807) is 0 Å². The van der Waals surface area contributed by atoms with Crippen molar-refractivity contribution in [3.05, 3.63) is 196 Å². The second-order valence-electron chi connectivity index (χ2n) is 19.0. The topological polar surface area (TPSA) is 78.1 Å². The number of furan rings is 3. The SMILES string of the molecule is Cc1c(F)c(F)c(-c2cccc3c2oc2c(-c4cc(-c5ccnc6c5oc5c(-c7c(F)c(F)c(C(F)(F)F)c(F)c7F)cccc56)cc(-c5ccnc6c5oc5c(-c7c(F)c(F)c(C(F)(F)F)c(F)c7F)cccc56)c4)ccnc23)c(F)c1F. The summed E-state index contributed by atoms with van der Waals surface area (Å²) in [7, 11) is 0. The number of alkyl halides is 6. The molecule has 0 unspecified atom stereocenters. The van der Waals surface area contributed by atoms with Crippen molar-refractivity contribution in [2.24, 2.45) is 0 Å². The van der Waals surface area contributed by atoms with Crippen molar-refractivity contribution >= 4 is 66.2 Å². The van der Waals surface area contributed by atoms with Crippen LogP contribution in [0.25, 0.3) is 133 Å². The molecule has 0 aliphatic heterocycles. The first-order chi connectivity index (χ1) is 39.9. The van der Waals surface area contributed by atoms with Crippen molar-refractivity contribution in [2.75, 3.05) is 0 Å². The van der Waals surface area contributed by atoms with E-state index in [0.717, 1.165) is 37.3 Å². The van der Waals surface area contributed by atoms with Crippen LogP contribution in [0.4, 0.5) is 79.0 Å². The van der Waals surface area contributed by atoms with E-state index in [1.165, 1.54) is 79.3 Å². The third-order valence-electron chi connectivity index (χ3n) is 14.4. The van der Waals surface area contributed by atoms with Gasteiger partial charge in [-0.25, -0.2) is 52.7 Å². The lowest BCUT2D eigenvalue weighted by Gasteiger charge is -2.14. The average molecular weight is 1170 g/mol. The van der Waals surface area contributed by atoms with E-state index >= 15 is 52.7 Å². The van der Waals surface area contributed by atoms with E-state index in [-0.39, 0.29) is 88.4 Å². The van der Waals surface area contributed by atoms with Gasteiger partial charge < -0.3 is 13.3 Å². The van der Waals surface area contributed by atoms with Gasteiger partial charge in [0.1, 0.15) is 44.4 Å². The van der Waals surface area contributed by atoms with Crippen molar-refractivity contribution in [3.63, 3.8) is 0 Å². The molecule has 6 heterocycles. The molecule has 7 aromatic carbocycles. The van der Waals surface area contributed by atoms with Crippen LogP contribution in [-0.2, 0) is 12.4 Å². The van der Waals surface area contributed by atoms with Crippen LogP contribution in [0.15, 0.2) is 123 Å². The molecule has 0 radical (unpaired) electrons. The third-order valence-corrected chi connectivity index (χ3v) is 14.4. The van der Waals surface area contributed by atoms with Crippen LogP contribution in [0, 0.1) is 76.7 Å². The molecule has 0 aliphatic rings. The molecule has 0 saturated carbocycles. The van der Waals surface area contributed by atoms with Crippen molar-refractivity contribution in [3.8, 4) is 66.8 Å². The predicted octanol–water partition coefficient (Wildman–Crippen LogP) is 19.6. The van der Waals surface area contributed by atoms with Gasteiger partial charge in [0.2, 0.25) is 0 Å². The van der Waals surface area contributed by atoms with E-state index in [2.05, 4.69) is 15.0 Å². The van der Waals surface area contributed by atoms with Gasteiger partial charge in [0, 0.05) is 73.7 Å². The molecule has 24 heteroatoms.